The van der Waals surface area contributed by atoms with Crippen molar-refractivity contribution < 1.29 is 19.1 Å². The van der Waals surface area contributed by atoms with Crippen molar-refractivity contribution in [3.63, 3.8) is 0 Å². The molecule has 1 fully saturated rings. The fourth-order valence-electron chi connectivity index (χ4n) is 2.32. The van der Waals surface area contributed by atoms with Crippen LogP contribution in [0.3, 0.4) is 0 Å². The average Bonchev–Trinajstić information content (AvgIpc) is 3.01. The summed E-state index contributed by atoms with van der Waals surface area (Å²) in [6.07, 6.45) is 1.89. The number of phenols is 1. The second-order valence-corrected chi connectivity index (χ2v) is 5.19. The van der Waals surface area contributed by atoms with Crippen LogP contribution in [0.2, 0.25) is 0 Å². The lowest BCUT2D eigenvalue weighted by Gasteiger charge is -2.19. The second-order valence-electron chi connectivity index (χ2n) is 4.51. The van der Waals surface area contributed by atoms with Crippen LogP contribution in [0.4, 0.5) is 0 Å². The summed E-state index contributed by atoms with van der Waals surface area (Å²) in [7, 11) is -2.58. The molecule has 2 N–H and O–H groups in total. The van der Waals surface area contributed by atoms with Gasteiger partial charge in [0.1, 0.15) is 11.9 Å². The van der Waals surface area contributed by atoms with E-state index in [1.165, 1.54) is 0 Å². The van der Waals surface area contributed by atoms with E-state index in [1.807, 2.05) is 6.07 Å². The van der Waals surface area contributed by atoms with Crippen molar-refractivity contribution in [3.8, 4) is 5.75 Å². The minimum absolute atomic E-state index is 0.0770. The monoisotopic (exact) mass is 255 g/mol. The predicted molar refractivity (Wildman–Crippen MR) is 63.9 cm³/mol. The van der Waals surface area contributed by atoms with Crippen molar-refractivity contribution in [2.75, 3.05) is 0 Å². The number of benzene rings is 1. The minimum Gasteiger partial charge on any atom is -0.508 e. The zero-order valence-corrected chi connectivity index (χ0v) is 10.5. The van der Waals surface area contributed by atoms with Gasteiger partial charge in [-0.05, 0) is 43.4 Å². The van der Waals surface area contributed by atoms with Crippen LogP contribution in [-0.4, -0.2) is 16.1 Å². The third-order valence-electron chi connectivity index (χ3n) is 3.15. The number of aromatic hydroxyl groups is 1. The van der Waals surface area contributed by atoms with E-state index in [1.54, 1.807) is 25.1 Å². The van der Waals surface area contributed by atoms with E-state index in [2.05, 4.69) is 0 Å². The molecular formula is C12H16O4P+. The molecule has 2 rings (SSSR count). The van der Waals surface area contributed by atoms with Crippen LogP contribution in [0.25, 0.3) is 0 Å². The minimum atomic E-state index is -2.58. The predicted octanol–water partition coefficient (Wildman–Crippen LogP) is 2.94. The second kappa shape index (κ2) is 5.13. The SMILES string of the molecule is CC(O[P+](=O)O)C(c1cccc(O)c1)C1CC1. The van der Waals surface area contributed by atoms with Gasteiger partial charge in [0.2, 0.25) is 0 Å². The molecule has 1 aliphatic rings. The summed E-state index contributed by atoms with van der Waals surface area (Å²) < 4.78 is 15.7. The molecule has 92 valence electrons. The van der Waals surface area contributed by atoms with Crippen LogP contribution in [0.1, 0.15) is 31.2 Å². The van der Waals surface area contributed by atoms with Crippen LogP contribution in [0.5, 0.6) is 5.75 Å². The van der Waals surface area contributed by atoms with Gasteiger partial charge in [-0.15, -0.1) is 9.42 Å². The number of rotatable bonds is 5. The van der Waals surface area contributed by atoms with Gasteiger partial charge in [-0.2, -0.15) is 0 Å². The van der Waals surface area contributed by atoms with Gasteiger partial charge in [0.25, 0.3) is 0 Å². The van der Waals surface area contributed by atoms with Crippen LogP contribution in [-0.2, 0) is 9.09 Å². The Hall–Kier alpha value is -0.960. The maximum atomic E-state index is 10.7. The highest BCUT2D eigenvalue weighted by molar-refractivity contribution is 7.32. The number of hydrogen-bond donors (Lipinski definition) is 2. The first-order valence-corrected chi connectivity index (χ1v) is 6.83. The Morgan fingerprint density at radius 2 is 2.18 bits per heavy atom. The zero-order valence-electron chi connectivity index (χ0n) is 9.61. The molecule has 1 aromatic rings. The number of phenolic OH excluding ortho intramolecular Hbond substituents is 1. The Labute approximate surface area is 101 Å². The van der Waals surface area contributed by atoms with Gasteiger partial charge >= 0.3 is 8.25 Å². The molecule has 17 heavy (non-hydrogen) atoms. The Morgan fingerprint density at radius 3 is 2.71 bits per heavy atom. The molecule has 0 saturated heterocycles. The molecule has 1 aromatic carbocycles. The lowest BCUT2D eigenvalue weighted by molar-refractivity contribution is 0.167. The van der Waals surface area contributed by atoms with Gasteiger partial charge < -0.3 is 5.11 Å². The van der Waals surface area contributed by atoms with Crippen LogP contribution < -0.4 is 0 Å². The summed E-state index contributed by atoms with van der Waals surface area (Å²) in [6, 6.07) is 7.03. The number of hydrogen-bond acceptors (Lipinski definition) is 3. The zero-order chi connectivity index (χ0) is 12.4. The Bertz CT molecular complexity index is 417. The smallest absolute Gasteiger partial charge is 0.508 e. The Morgan fingerprint density at radius 1 is 1.47 bits per heavy atom. The first-order chi connectivity index (χ1) is 8.08. The molecule has 1 aliphatic carbocycles. The largest absolute Gasteiger partial charge is 0.695 e. The third kappa shape index (κ3) is 3.25. The quantitative estimate of drug-likeness (QED) is 0.794. The first kappa shape index (κ1) is 12.5. The van der Waals surface area contributed by atoms with E-state index >= 15 is 0 Å². The molecule has 0 spiro atoms. The highest BCUT2D eigenvalue weighted by Crippen LogP contribution is 2.47. The molecule has 0 radical (unpaired) electrons. The van der Waals surface area contributed by atoms with Crippen LogP contribution in [0.15, 0.2) is 24.3 Å². The highest BCUT2D eigenvalue weighted by Gasteiger charge is 2.39. The van der Waals surface area contributed by atoms with Gasteiger partial charge in [-0.25, -0.2) is 0 Å². The molecule has 4 nitrogen and oxygen atoms in total. The van der Waals surface area contributed by atoms with Gasteiger partial charge in [0.05, 0.1) is 0 Å². The molecule has 0 aliphatic heterocycles. The van der Waals surface area contributed by atoms with E-state index in [0.29, 0.717) is 5.92 Å². The van der Waals surface area contributed by atoms with E-state index < -0.39 is 8.25 Å². The summed E-state index contributed by atoms with van der Waals surface area (Å²) >= 11 is 0. The van der Waals surface area contributed by atoms with Crippen molar-refractivity contribution in [2.45, 2.75) is 31.8 Å². The highest BCUT2D eigenvalue weighted by atomic mass is 31.1. The van der Waals surface area contributed by atoms with E-state index in [0.717, 1.165) is 18.4 Å². The average molecular weight is 255 g/mol. The molecule has 3 atom stereocenters. The third-order valence-corrected chi connectivity index (χ3v) is 3.66. The molecular weight excluding hydrogens is 239 g/mol. The molecule has 5 heteroatoms. The summed E-state index contributed by atoms with van der Waals surface area (Å²) in [6.45, 7) is 1.80. The Kier molecular flexibility index (Phi) is 3.77. The molecule has 3 unspecified atom stereocenters. The van der Waals surface area contributed by atoms with Crippen molar-refractivity contribution in [3.05, 3.63) is 29.8 Å². The van der Waals surface area contributed by atoms with Gasteiger partial charge in [-0.1, -0.05) is 12.1 Å². The molecule has 0 amide bonds. The lowest BCUT2D eigenvalue weighted by Crippen LogP contribution is -2.18. The van der Waals surface area contributed by atoms with Crippen LogP contribution >= 0.6 is 8.25 Å². The van der Waals surface area contributed by atoms with E-state index in [-0.39, 0.29) is 17.8 Å². The van der Waals surface area contributed by atoms with Crippen molar-refractivity contribution in [1.29, 1.82) is 0 Å². The first-order valence-electron chi connectivity index (χ1n) is 5.70. The lowest BCUT2D eigenvalue weighted by atomic mass is 9.89. The molecule has 0 heterocycles. The fourth-order valence-corrected chi connectivity index (χ4v) is 2.74. The molecule has 0 aromatic heterocycles. The maximum Gasteiger partial charge on any atom is 0.695 e. The normalized spacial score (nSPS) is 19.8. The van der Waals surface area contributed by atoms with E-state index in [9.17, 15) is 9.67 Å². The van der Waals surface area contributed by atoms with E-state index in [4.69, 9.17) is 9.42 Å². The summed E-state index contributed by atoms with van der Waals surface area (Å²) in [5.41, 5.74) is 0.969. The van der Waals surface area contributed by atoms with Crippen molar-refractivity contribution in [1.82, 2.24) is 0 Å². The standard InChI is InChI=1S/C12H15O4P/c1-8(16-17(14)15)12(9-5-6-9)10-3-2-4-11(13)7-10/h2-4,7-9,12H,5-6H2,1H3,(H-,13,14,15)/p+1. The van der Waals surface area contributed by atoms with Crippen molar-refractivity contribution in [2.24, 2.45) is 5.92 Å². The van der Waals surface area contributed by atoms with Crippen LogP contribution in [0, 0.1) is 5.92 Å². The van der Waals surface area contributed by atoms with Gasteiger partial charge in [0, 0.05) is 10.5 Å². The summed E-state index contributed by atoms with van der Waals surface area (Å²) in [5, 5.41) is 9.48. The fraction of sp³-hybridized carbons (Fsp3) is 0.500. The Balaban J connectivity index is 2.19. The van der Waals surface area contributed by atoms with Gasteiger partial charge in [0.15, 0.2) is 0 Å². The topological polar surface area (TPSA) is 66.8 Å². The van der Waals surface area contributed by atoms with Crippen molar-refractivity contribution >= 4 is 8.25 Å². The molecule has 0 bridgehead atoms. The summed E-state index contributed by atoms with van der Waals surface area (Å²) in [5.74, 6) is 0.781. The maximum absolute atomic E-state index is 10.7. The molecule has 1 saturated carbocycles. The summed E-state index contributed by atoms with van der Waals surface area (Å²) in [4.78, 5) is 8.81. The van der Waals surface area contributed by atoms with Gasteiger partial charge in [-0.3, -0.25) is 0 Å².